The highest BCUT2D eigenvalue weighted by Crippen LogP contribution is 2.27. The lowest BCUT2D eigenvalue weighted by Crippen LogP contribution is -2.53. The predicted molar refractivity (Wildman–Crippen MR) is 125 cm³/mol. The van der Waals surface area contributed by atoms with Gasteiger partial charge in [-0.2, -0.15) is 0 Å². The molecule has 32 heavy (non-hydrogen) atoms. The molecule has 2 aromatic rings. The molecule has 2 amide bonds. The minimum Gasteiger partial charge on any atom is -0.450 e. The van der Waals surface area contributed by atoms with Gasteiger partial charge in [0.05, 0.1) is 17.2 Å². The van der Waals surface area contributed by atoms with Gasteiger partial charge in [0.25, 0.3) is 10.0 Å². The minimum absolute atomic E-state index is 0.114. The molecule has 172 valence electrons. The van der Waals surface area contributed by atoms with Crippen LogP contribution in [0.5, 0.6) is 0 Å². The number of benzene rings is 2. The third kappa shape index (κ3) is 5.60. The number of amides is 2. The topological polar surface area (TPSA) is 87.2 Å². The number of carbonyl (C=O) groups is 2. The largest absolute Gasteiger partial charge is 0.450 e. The molecule has 0 aliphatic carbocycles. The number of ether oxygens (including phenoxy) is 1. The number of anilines is 1. The van der Waals surface area contributed by atoms with Crippen LogP contribution in [0.1, 0.15) is 12.5 Å². The first-order chi connectivity index (χ1) is 15.2. The lowest BCUT2D eigenvalue weighted by molar-refractivity contribution is -0.131. The number of aryl methyl sites for hydroxylation is 1. The van der Waals surface area contributed by atoms with Crippen LogP contribution >= 0.6 is 15.9 Å². The van der Waals surface area contributed by atoms with Crippen molar-refractivity contribution in [3.05, 3.63) is 58.6 Å². The first-order valence-electron chi connectivity index (χ1n) is 10.3. The maximum absolute atomic E-state index is 13.5. The molecule has 10 heteroatoms. The van der Waals surface area contributed by atoms with Crippen molar-refractivity contribution < 1.29 is 22.7 Å². The Morgan fingerprint density at radius 1 is 1.03 bits per heavy atom. The summed E-state index contributed by atoms with van der Waals surface area (Å²) in [5.41, 5.74) is 1.33. The van der Waals surface area contributed by atoms with Crippen LogP contribution in [0.3, 0.4) is 0 Å². The number of halogens is 1. The zero-order valence-electron chi connectivity index (χ0n) is 18.0. The number of piperazine rings is 1. The van der Waals surface area contributed by atoms with E-state index in [0.717, 1.165) is 9.87 Å². The molecule has 0 atom stereocenters. The highest BCUT2D eigenvalue weighted by molar-refractivity contribution is 9.10. The fraction of sp³-hybridized carbons (Fsp3) is 0.364. The molecule has 1 aliphatic heterocycles. The molecular formula is C22H26BrN3O5S. The summed E-state index contributed by atoms with van der Waals surface area (Å²) in [6.07, 6.45) is -0.405. The molecule has 0 N–H and O–H groups in total. The van der Waals surface area contributed by atoms with E-state index in [1.165, 1.54) is 12.1 Å². The van der Waals surface area contributed by atoms with E-state index in [1.807, 2.05) is 6.92 Å². The van der Waals surface area contributed by atoms with Crippen molar-refractivity contribution >= 4 is 43.6 Å². The summed E-state index contributed by atoms with van der Waals surface area (Å²) in [7, 11) is -3.97. The molecule has 0 unspecified atom stereocenters. The molecule has 1 aliphatic rings. The standard InChI is InChI=1S/C22H26BrN3O5S/c1-3-31-22(28)25-13-11-24(12-14-25)21(27)16-26(19-6-4-5-18(23)15-19)32(29,30)20-9-7-17(2)8-10-20/h4-10,15H,3,11-14,16H2,1-2H3. The smallest absolute Gasteiger partial charge is 0.409 e. The Morgan fingerprint density at radius 2 is 1.66 bits per heavy atom. The molecule has 3 rings (SSSR count). The van der Waals surface area contributed by atoms with Crippen molar-refractivity contribution in [1.82, 2.24) is 9.80 Å². The van der Waals surface area contributed by atoms with Crippen molar-refractivity contribution in [2.75, 3.05) is 43.6 Å². The number of nitrogens with zero attached hydrogens (tertiary/aromatic N) is 3. The number of carbonyl (C=O) groups excluding carboxylic acids is 2. The first-order valence-corrected chi connectivity index (χ1v) is 12.5. The zero-order chi connectivity index (χ0) is 23.3. The van der Waals surface area contributed by atoms with Crippen LogP contribution in [-0.2, 0) is 19.6 Å². The maximum Gasteiger partial charge on any atom is 0.409 e. The van der Waals surface area contributed by atoms with Crippen molar-refractivity contribution in [2.45, 2.75) is 18.7 Å². The Morgan fingerprint density at radius 3 is 2.25 bits per heavy atom. The summed E-state index contributed by atoms with van der Waals surface area (Å²) in [5.74, 6) is -0.329. The van der Waals surface area contributed by atoms with E-state index >= 15 is 0 Å². The SMILES string of the molecule is CCOC(=O)N1CCN(C(=O)CN(c2cccc(Br)c2)S(=O)(=O)c2ccc(C)cc2)CC1. The quantitative estimate of drug-likeness (QED) is 0.579. The molecule has 1 saturated heterocycles. The number of sulfonamides is 1. The fourth-order valence-electron chi connectivity index (χ4n) is 3.36. The highest BCUT2D eigenvalue weighted by atomic mass is 79.9. The van der Waals surface area contributed by atoms with Gasteiger partial charge in [-0.1, -0.05) is 39.7 Å². The second kappa shape index (κ2) is 10.4. The second-order valence-corrected chi connectivity index (χ2v) is 10.1. The molecule has 0 aromatic heterocycles. The summed E-state index contributed by atoms with van der Waals surface area (Å²) in [4.78, 5) is 28.2. The van der Waals surface area contributed by atoms with Crippen LogP contribution in [0.2, 0.25) is 0 Å². The van der Waals surface area contributed by atoms with Gasteiger partial charge in [0.2, 0.25) is 5.91 Å². The van der Waals surface area contributed by atoms with Crippen LogP contribution in [-0.4, -0.2) is 69.5 Å². The number of hydrogen-bond acceptors (Lipinski definition) is 5. The predicted octanol–water partition coefficient (Wildman–Crippen LogP) is 3.25. The number of rotatable bonds is 6. The van der Waals surface area contributed by atoms with Crippen LogP contribution in [0, 0.1) is 6.92 Å². The van der Waals surface area contributed by atoms with Crippen LogP contribution < -0.4 is 4.31 Å². The van der Waals surface area contributed by atoms with Crippen LogP contribution in [0.15, 0.2) is 57.9 Å². The average molecular weight is 524 g/mol. The molecular weight excluding hydrogens is 498 g/mol. The minimum atomic E-state index is -3.97. The molecule has 0 saturated carbocycles. The van der Waals surface area contributed by atoms with E-state index in [0.29, 0.717) is 36.3 Å². The molecule has 2 aromatic carbocycles. The summed E-state index contributed by atoms with van der Waals surface area (Å²) < 4.78 is 33.7. The summed E-state index contributed by atoms with van der Waals surface area (Å²) in [5, 5.41) is 0. The average Bonchev–Trinajstić information content (AvgIpc) is 2.77. The van der Waals surface area contributed by atoms with Crippen LogP contribution in [0.4, 0.5) is 10.5 Å². The summed E-state index contributed by atoms with van der Waals surface area (Å²) in [6, 6.07) is 13.4. The molecule has 8 nitrogen and oxygen atoms in total. The lowest BCUT2D eigenvalue weighted by atomic mass is 10.2. The van der Waals surface area contributed by atoms with Crippen LogP contribution in [0.25, 0.3) is 0 Å². The Bertz CT molecular complexity index is 1070. The van der Waals surface area contributed by atoms with Crippen molar-refractivity contribution in [3.8, 4) is 0 Å². The van der Waals surface area contributed by atoms with Gasteiger partial charge in [-0.15, -0.1) is 0 Å². The van der Waals surface area contributed by atoms with Crippen molar-refractivity contribution in [2.24, 2.45) is 0 Å². The van der Waals surface area contributed by atoms with Gasteiger partial charge in [-0.3, -0.25) is 9.10 Å². The fourth-order valence-corrected chi connectivity index (χ4v) is 5.15. The Labute approximate surface area is 196 Å². The van der Waals surface area contributed by atoms with Crippen molar-refractivity contribution in [3.63, 3.8) is 0 Å². The van der Waals surface area contributed by atoms with E-state index in [-0.39, 0.29) is 24.0 Å². The second-order valence-electron chi connectivity index (χ2n) is 7.37. The third-order valence-electron chi connectivity index (χ3n) is 5.14. The monoisotopic (exact) mass is 523 g/mol. The zero-order valence-corrected chi connectivity index (χ0v) is 20.4. The normalized spacial score (nSPS) is 14.2. The Hall–Kier alpha value is -2.59. The van der Waals surface area contributed by atoms with Gasteiger partial charge < -0.3 is 14.5 Å². The third-order valence-corrected chi connectivity index (χ3v) is 7.42. The van der Waals surface area contributed by atoms with Gasteiger partial charge in [0.15, 0.2) is 0 Å². The highest BCUT2D eigenvalue weighted by Gasteiger charge is 2.31. The van der Waals surface area contributed by atoms with Gasteiger partial charge in [0, 0.05) is 30.7 Å². The van der Waals surface area contributed by atoms with E-state index in [9.17, 15) is 18.0 Å². The van der Waals surface area contributed by atoms with E-state index in [4.69, 9.17) is 4.74 Å². The van der Waals surface area contributed by atoms with E-state index in [2.05, 4.69) is 15.9 Å². The number of hydrogen-bond donors (Lipinski definition) is 0. The first kappa shape index (κ1) is 24.1. The lowest BCUT2D eigenvalue weighted by Gasteiger charge is -2.35. The Balaban J connectivity index is 1.82. The van der Waals surface area contributed by atoms with Gasteiger partial charge in [-0.05, 0) is 44.2 Å². The van der Waals surface area contributed by atoms with Crippen molar-refractivity contribution in [1.29, 1.82) is 0 Å². The maximum atomic E-state index is 13.5. The molecule has 1 fully saturated rings. The molecule has 0 spiro atoms. The Kier molecular flexibility index (Phi) is 7.78. The summed E-state index contributed by atoms with van der Waals surface area (Å²) >= 11 is 3.37. The van der Waals surface area contributed by atoms with Gasteiger partial charge in [-0.25, -0.2) is 13.2 Å². The van der Waals surface area contributed by atoms with Gasteiger partial charge >= 0.3 is 6.09 Å². The van der Waals surface area contributed by atoms with Gasteiger partial charge in [0.1, 0.15) is 6.54 Å². The summed E-state index contributed by atoms with van der Waals surface area (Å²) in [6.45, 7) is 4.87. The molecule has 0 bridgehead atoms. The molecule has 0 radical (unpaired) electrons. The van der Waals surface area contributed by atoms with E-state index < -0.39 is 16.1 Å². The van der Waals surface area contributed by atoms with E-state index in [1.54, 1.807) is 53.1 Å². The molecule has 1 heterocycles.